The molecule has 0 aliphatic heterocycles. The van der Waals surface area contributed by atoms with E-state index in [0.29, 0.717) is 17.8 Å². The number of benzene rings is 1. The third-order valence-corrected chi connectivity index (χ3v) is 8.06. The van der Waals surface area contributed by atoms with Crippen LogP contribution in [0.4, 0.5) is 8.78 Å². The molecule has 3 rings (SSSR count). The fraction of sp³-hybridized carbons (Fsp3) is 0.750. The molecule has 172 valence electrons. The van der Waals surface area contributed by atoms with E-state index in [1.807, 2.05) is 0 Å². The van der Waals surface area contributed by atoms with Crippen molar-refractivity contribution in [1.82, 2.24) is 0 Å². The second kappa shape index (κ2) is 12.6. The Morgan fingerprint density at radius 1 is 0.806 bits per heavy atom. The molecular formula is C28H41F2N. The van der Waals surface area contributed by atoms with Crippen molar-refractivity contribution in [1.29, 1.82) is 5.26 Å². The molecular weight excluding hydrogens is 388 g/mol. The standard InChI is InChI=1S/C28H41F2N/c1-2-13-24(23-18-26(29)25(20-31)27(30)19-23)28(21-14-9-5-3-6-10-15-21)22-16-11-7-4-8-12-17-22/h18-19,21-22,24,28H,2-17H2,1H3. The fourth-order valence-electron chi connectivity index (χ4n) is 6.59. The topological polar surface area (TPSA) is 23.8 Å². The molecule has 2 fully saturated rings. The number of rotatable bonds is 6. The smallest absolute Gasteiger partial charge is 0.144 e. The molecule has 0 amide bonds. The van der Waals surface area contributed by atoms with Gasteiger partial charge in [-0.1, -0.05) is 103 Å². The zero-order valence-electron chi connectivity index (χ0n) is 19.5. The average molecular weight is 430 g/mol. The van der Waals surface area contributed by atoms with Crippen LogP contribution in [0.15, 0.2) is 12.1 Å². The van der Waals surface area contributed by atoms with Crippen molar-refractivity contribution in [2.24, 2.45) is 17.8 Å². The van der Waals surface area contributed by atoms with Gasteiger partial charge in [-0.05, 0) is 47.8 Å². The molecule has 1 aromatic rings. The summed E-state index contributed by atoms with van der Waals surface area (Å²) in [6.45, 7) is 2.19. The molecule has 1 unspecified atom stereocenters. The highest BCUT2D eigenvalue weighted by molar-refractivity contribution is 5.36. The van der Waals surface area contributed by atoms with E-state index < -0.39 is 17.2 Å². The lowest BCUT2D eigenvalue weighted by Gasteiger charge is -2.41. The van der Waals surface area contributed by atoms with Gasteiger partial charge in [-0.25, -0.2) is 8.78 Å². The van der Waals surface area contributed by atoms with Crippen LogP contribution >= 0.6 is 0 Å². The Morgan fingerprint density at radius 2 is 1.23 bits per heavy atom. The third kappa shape index (κ3) is 6.53. The Kier molecular flexibility index (Phi) is 9.82. The lowest BCUT2D eigenvalue weighted by molar-refractivity contribution is 0.127. The SMILES string of the molecule is CCCC(c1cc(F)c(C#N)c(F)c1)C(C1CCCCCCC1)C1CCCCCCC1. The highest BCUT2D eigenvalue weighted by Crippen LogP contribution is 2.47. The third-order valence-electron chi connectivity index (χ3n) is 8.06. The monoisotopic (exact) mass is 429 g/mol. The van der Waals surface area contributed by atoms with Crippen LogP contribution < -0.4 is 0 Å². The van der Waals surface area contributed by atoms with Gasteiger partial charge in [0.2, 0.25) is 0 Å². The summed E-state index contributed by atoms with van der Waals surface area (Å²) in [4.78, 5) is 0. The Balaban J connectivity index is 1.99. The van der Waals surface area contributed by atoms with Crippen LogP contribution in [-0.4, -0.2) is 0 Å². The van der Waals surface area contributed by atoms with Crippen LogP contribution in [0.1, 0.15) is 127 Å². The molecule has 0 radical (unpaired) electrons. The molecule has 31 heavy (non-hydrogen) atoms. The molecule has 2 aliphatic rings. The molecule has 1 atom stereocenters. The van der Waals surface area contributed by atoms with Gasteiger partial charge in [0.15, 0.2) is 0 Å². The van der Waals surface area contributed by atoms with Gasteiger partial charge in [0.1, 0.15) is 23.3 Å². The predicted octanol–water partition coefficient (Wildman–Crippen LogP) is 9.06. The van der Waals surface area contributed by atoms with Crippen molar-refractivity contribution in [3.8, 4) is 6.07 Å². The maximum absolute atomic E-state index is 14.6. The van der Waals surface area contributed by atoms with Gasteiger partial charge in [-0.2, -0.15) is 5.26 Å². The molecule has 0 heterocycles. The van der Waals surface area contributed by atoms with E-state index >= 15 is 0 Å². The van der Waals surface area contributed by atoms with Crippen LogP contribution in [0.2, 0.25) is 0 Å². The second-order valence-corrected chi connectivity index (χ2v) is 10.2. The average Bonchev–Trinajstić information content (AvgIpc) is 2.69. The zero-order chi connectivity index (χ0) is 22.1. The van der Waals surface area contributed by atoms with E-state index in [9.17, 15) is 8.78 Å². The first-order chi connectivity index (χ1) is 15.2. The molecule has 0 spiro atoms. The maximum atomic E-state index is 14.6. The highest BCUT2D eigenvalue weighted by atomic mass is 19.1. The summed E-state index contributed by atoms with van der Waals surface area (Å²) in [7, 11) is 0. The zero-order valence-corrected chi connectivity index (χ0v) is 19.5. The van der Waals surface area contributed by atoms with Gasteiger partial charge >= 0.3 is 0 Å². The lowest BCUT2D eigenvalue weighted by atomic mass is 9.63. The van der Waals surface area contributed by atoms with Crippen molar-refractivity contribution in [2.45, 2.75) is 116 Å². The Bertz CT molecular complexity index is 661. The predicted molar refractivity (Wildman–Crippen MR) is 124 cm³/mol. The van der Waals surface area contributed by atoms with Crippen molar-refractivity contribution in [2.75, 3.05) is 0 Å². The Hall–Kier alpha value is -1.43. The first-order valence-electron chi connectivity index (χ1n) is 13.0. The molecule has 0 bridgehead atoms. The Labute approximate surface area is 188 Å². The van der Waals surface area contributed by atoms with Gasteiger partial charge in [-0.15, -0.1) is 0 Å². The first kappa shape index (κ1) is 24.2. The molecule has 0 saturated heterocycles. The van der Waals surface area contributed by atoms with Crippen molar-refractivity contribution >= 4 is 0 Å². The maximum Gasteiger partial charge on any atom is 0.144 e. The number of hydrogen-bond acceptors (Lipinski definition) is 1. The largest absolute Gasteiger partial charge is 0.205 e. The van der Waals surface area contributed by atoms with Gasteiger partial charge in [0.25, 0.3) is 0 Å². The summed E-state index contributed by atoms with van der Waals surface area (Å²) in [5.74, 6) is 0.630. The minimum absolute atomic E-state index is 0.190. The van der Waals surface area contributed by atoms with Gasteiger partial charge in [0.05, 0.1) is 0 Å². The first-order valence-corrected chi connectivity index (χ1v) is 13.0. The van der Waals surface area contributed by atoms with Crippen LogP contribution in [0.3, 0.4) is 0 Å². The summed E-state index contributed by atoms with van der Waals surface area (Å²) in [6.07, 6.45) is 20.2. The summed E-state index contributed by atoms with van der Waals surface area (Å²) >= 11 is 0. The van der Waals surface area contributed by atoms with Crippen LogP contribution in [-0.2, 0) is 0 Å². The summed E-state index contributed by atoms with van der Waals surface area (Å²) in [6, 6.07) is 4.67. The number of hydrogen-bond donors (Lipinski definition) is 0. The van der Waals surface area contributed by atoms with E-state index in [4.69, 9.17) is 5.26 Å². The number of nitrogens with zero attached hydrogens (tertiary/aromatic N) is 1. The van der Waals surface area contributed by atoms with Gasteiger partial charge in [0, 0.05) is 0 Å². The molecule has 2 aliphatic carbocycles. The van der Waals surface area contributed by atoms with Gasteiger partial charge < -0.3 is 0 Å². The minimum Gasteiger partial charge on any atom is -0.205 e. The molecule has 0 aromatic heterocycles. The molecule has 1 nitrogen and oxygen atoms in total. The van der Waals surface area contributed by atoms with Crippen LogP contribution in [0.25, 0.3) is 0 Å². The van der Waals surface area contributed by atoms with Crippen molar-refractivity contribution in [3.05, 3.63) is 34.9 Å². The summed E-state index contributed by atoms with van der Waals surface area (Å²) < 4.78 is 29.3. The van der Waals surface area contributed by atoms with E-state index in [-0.39, 0.29) is 5.92 Å². The van der Waals surface area contributed by atoms with E-state index in [1.165, 1.54) is 102 Å². The lowest BCUT2D eigenvalue weighted by Crippen LogP contribution is -2.31. The molecule has 1 aromatic carbocycles. The number of nitriles is 1. The highest BCUT2D eigenvalue weighted by Gasteiger charge is 2.36. The minimum atomic E-state index is -0.687. The Morgan fingerprint density at radius 3 is 1.61 bits per heavy atom. The van der Waals surface area contributed by atoms with Crippen molar-refractivity contribution < 1.29 is 8.78 Å². The summed E-state index contributed by atoms with van der Waals surface area (Å²) in [5.41, 5.74) is 0.359. The van der Waals surface area contributed by atoms with Gasteiger partial charge in [-0.3, -0.25) is 0 Å². The van der Waals surface area contributed by atoms with Crippen molar-refractivity contribution in [3.63, 3.8) is 0 Å². The quantitative estimate of drug-likeness (QED) is 0.442. The van der Waals surface area contributed by atoms with E-state index in [0.717, 1.165) is 18.4 Å². The normalized spacial score (nSPS) is 21.0. The second-order valence-electron chi connectivity index (χ2n) is 10.2. The number of halogens is 2. The fourth-order valence-corrected chi connectivity index (χ4v) is 6.59. The van der Waals surface area contributed by atoms with Crippen LogP contribution in [0, 0.1) is 40.7 Å². The summed E-state index contributed by atoms with van der Waals surface area (Å²) in [5, 5.41) is 9.13. The van der Waals surface area contributed by atoms with Crippen LogP contribution in [0.5, 0.6) is 0 Å². The molecule has 2 saturated carbocycles. The van der Waals surface area contributed by atoms with E-state index in [1.54, 1.807) is 6.07 Å². The molecule has 3 heteroatoms. The van der Waals surface area contributed by atoms with E-state index in [2.05, 4.69) is 6.92 Å². The molecule has 0 N–H and O–H groups in total.